The molecular weight excluding hydrogens is 320 g/mol. The Morgan fingerprint density at radius 1 is 1.17 bits per heavy atom. The fourth-order valence-corrected chi connectivity index (χ4v) is 4.62. The van der Waals surface area contributed by atoms with Crippen LogP contribution in [0.4, 0.5) is 0 Å². The molecule has 2 rings (SSSR count). The summed E-state index contributed by atoms with van der Waals surface area (Å²) in [6.45, 7) is 0. The Kier molecular flexibility index (Phi) is 3.51. The molecule has 1 aliphatic carbocycles. The van der Waals surface area contributed by atoms with E-state index in [1.54, 1.807) is 12.1 Å². The van der Waals surface area contributed by atoms with Crippen molar-refractivity contribution in [1.82, 2.24) is 0 Å². The maximum Gasteiger partial charge on any atom is 0.189 e. The molecule has 1 saturated carbocycles. The molecule has 0 N–H and O–H groups in total. The zero-order valence-electron chi connectivity index (χ0n) is 9.56. The molecule has 0 bridgehead atoms. The van der Waals surface area contributed by atoms with Gasteiger partial charge in [0.2, 0.25) is 0 Å². The van der Waals surface area contributed by atoms with Gasteiger partial charge in [0.1, 0.15) is 4.75 Å². The Hall–Kier alpha value is -0.880. The van der Waals surface area contributed by atoms with Gasteiger partial charge < -0.3 is 9.90 Å². The van der Waals surface area contributed by atoms with Gasteiger partial charge in [0, 0.05) is 4.47 Å². The highest BCUT2D eigenvalue weighted by Gasteiger charge is 2.48. The van der Waals surface area contributed by atoms with Crippen LogP contribution in [0.5, 0.6) is 0 Å². The first-order chi connectivity index (χ1) is 8.40. The molecule has 0 aliphatic heterocycles. The molecule has 0 radical (unpaired) electrons. The molecule has 1 aromatic carbocycles. The van der Waals surface area contributed by atoms with Gasteiger partial charge in [0.15, 0.2) is 9.84 Å². The molecule has 0 atom stereocenters. The second kappa shape index (κ2) is 4.66. The van der Waals surface area contributed by atoms with Crippen LogP contribution in [0.2, 0.25) is 0 Å². The van der Waals surface area contributed by atoms with Crippen molar-refractivity contribution in [3.8, 4) is 0 Å². The molecule has 0 heterocycles. The summed E-state index contributed by atoms with van der Waals surface area (Å²) in [6.07, 6.45) is 1.47. The van der Waals surface area contributed by atoms with Crippen LogP contribution in [0.1, 0.15) is 25.7 Å². The van der Waals surface area contributed by atoms with Crippen LogP contribution in [-0.2, 0) is 14.6 Å². The average Bonchev–Trinajstić information content (AvgIpc) is 2.80. The first-order valence-electron chi connectivity index (χ1n) is 5.62. The fraction of sp³-hybridized carbons (Fsp3) is 0.417. The van der Waals surface area contributed by atoms with Crippen LogP contribution in [0.15, 0.2) is 33.6 Å². The van der Waals surface area contributed by atoms with E-state index < -0.39 is 20.6 Å². The number of carbonyl (C=O) groups excluding carboxylic acids is 1. The SMILES string of the molecule is O=C([O-])C1(S(=O)(=O)c2ccc(Br)cc2)CCCC1. The molecule has 1 fully saturated rings. The number of hydrogen-bond donors (Lipinski definition) is 0. The second-order valence-electron chi connectivity index (χ2n) is 4.45. The van der Waals surface area contributed by atoms with Crippen molar-refractivity contribution in [1.29, 1.82) is 0 Å². The van der Waals surface area contributed by atoms with Crippen molar-refractivity contribution in [2.45, 2.75) is 35.3 Å². The summed E-state index contributed by atoms with van der Waals surface area (Å²) < 4.78 is 23.9. The van der Waals surface area contributed by atoms with Gasteiger partial charge in [-0.1, -0.05) is 28.8 Å². The number of halogens is 1. The number of rotatable bonds is 3. The first kappa shape index (κ1) is 13.5. The van der Waals surface area contributed by atoms with Gasteiger partial charge in [-0.3, -0.25) is 0 Å². The Balaban J connectivity index is 2.53. The summed E-state index contributed by atoms with van der Waals surface area (Å²) >= 11 is 3.21. The van der Waals surface area contributed by atoms with Crippen molar-refractivity contribution in [3.05, 3.63) is 28.7 Å². The summed E-state index contributed by atoms with van der Waals surface area (Å²) in [5.41, 5.74) is 0. The number of benzene rings is 1. The topological polar surface area (TPSA) is 74.3 Å². The summed E-state index contributed by atoms with van der Waals surface area (Å²) in [7, 11) is -3.90. The van der Waals surface area contributed by atoms with E-state index in [1.165, 1.54) is 12.1 Å². The molecule has 0 unspecified atom stereocenters. The van der Waals surface area contributed by atoms with E-state index in [2.05, 4.69) is 15.9 Å². The minimum Gasteiger partial charge on any atom is -0.548 e. The van der Waals surface area contributed by atoms with Crippen molar-refractivity contribution < 1.29 is 18.3 Å². The Morgan fingerprint density at radius 3 is 2.11 bits per heavy atom. The number of carboxylic acid groups (broad SMARTS) is 1. The number of hydrogen-bond acceptors (Lipinski definition) is 4. The monoisotopic (exact) mass is 331 g/mol. The number of carbonyl (C=O) groups is 1. The van der Waals surface area contributed by atoms with Gasteiger partial charge in [0.25, 0.3) is 0 Å². The quantitative estimate of drug-likeness (QED) is 0.836. The van der Waals surface area contributed by atoms with Crippen molar-refractivity contribution >= 4 is 31.7 Å². The lowest BCUT2D eigenvalue weighted by Gasteiger charge is -2.29. The molecular formula is C12H12BrO4S-. The Labute approximate surface area is 114 Å². The summed E-state index contributed by atoms with van der Waals surface area (Å²) in [5.74, 6) is -1.48. The smallest absolute Gasteiger partial charge is 0.189 e. The lowest BCUT2D eigenvalue weighted by atomic mass is 10.1. The van der Waals surface area contributed by atoms with Crippen molar-refractivity contribution in [2.24, 2.45) is 0 Å². The molecule has 0 spiro atoms. The third-order valence-corrected chi connectivity index (χ3v) is 6.45. The van der Waals surface area contributed by atoms with Gasteiger partial charge in [-0.15, -0.1) is 0 Å². The Morgan fingerprint density at radius 2 is 1.67 bits per heavy atom. The van der Waals surface area contributed by atoms with Crippen LogP contribution in [0.3, 0.4) is 0 Å². The first-order valence-corrected chi connectivity index (χ1v) is 7.89. The van der Waals surface area contributed by atoms with Crippen LogP contribution in [0, 0.1) is 0 Å². The van der Waals surface area contributed by atoms with E-state index in [0.29, 0.717) is 12.8 Å². The maximum absolute atomic E-state index is 12.5. The summed E-state index contributed by atoms with van der Waals surface area (Å²) in [4.78, 5) is 11.3. The maximum atomic E-state index is 12.5. The van der Waals surface area contributed by atoms with Gasteiger partial charge in [0.05, 0.1) is 10.9 Å². The van der Waals surface area contributed by atoms with Crippen LogP contribution in [0.25, 0.3) is 0 Å². The zero-order valence-corrected chi connectivity index (χ0v) is 12.0. The normalized spacial score (nSPS) is 18.7. The highest BCUT2D eigenvalue weighted by molar-refractivity contribution is 9.10. The Bertz CT molecular complexity index is 556. The molecule has 1 aliphatic rings. The van der Waals surface area contributed by atoms with E-state index in [0.717, 1.165) is 4.47 Å². The van der Waals surface area contributed by atoms with Gasteiger partial charge in [-0.05, 0) is 37.1 Å². The van der Waals surface area contributed by atoms with E-state index >= 15 is 0 Å². The standard InChI is InChI=1S/C12H13BrO4S/c13-9-3-5-10(6-4-9)18(16,17)12(11(14)15)7-1-2-8-12/h3-6H,1-2,7-8H2,(H,14,15)/p-1. The third kappa shape index (κ3) is 1.97. The lowest BCUT2D eigenvalue weighted by Crippen LogP contribution is -2.51. The largest absolute Gasteiger partial charge is 0.548 e. The van der Waals surface area contributed by atoms with Crippen molar-refractivity contribution in [3.63, 3.8) is 0 Å². The molecule has 18 heavy (non-hydrogen) atoms. The van der Waals surface area contributed by atoms with Gasteiger partial charge in [-0.2, -0.15) is 0 Å². The number of sulfone groups is 1. The molecule has 98 valence electrons. The molecule has 0 aromatic heterocycles. The van der Waals surface area contributed by atoms with E-state index in [4.69, 9.17) is 0 Å². The van der Waals surface area contributed by atoms with E-state index in [-0.39, 0.29) is 17.7 Å². The number of carboxylic acids is 1. The molecule has 6 heteroatoms. The molecule has 4 nitrogen and oxygen atoms in total. The van der Waals surface area contributed by atoms with E-state index in [9.17, 15) is 18.3 Å². The summed E-state index contributed by atoms with van der Waals surface area (Å²) in [5, 5.41) is 11.3. The van der Waals surface area contributed by atoms with Gasteiger partial charge in [-0.25, -0.2) is 8.42 Å². The second-order valence-corrected chi connectivity index (χ2v) is 7.62. The minimum atomic E-state index is -3.90. The lowest BCUT2D eigenvalue weighted by molar-refractivity contribution is -0.309. The highest BCUT2D eigenvalue weighted by Crippen LogP contribution is 2.40. The zero-order chi connectivity index (χ0) is 13.4. The predicted octanol–water partition coefficient (Wildman–Crippen LogP) is 1.29. The van der Waals surface area contributed by atoms with Crippen LogP contribution >= 0.6 is 15.9 Å². The molecule has 0 amide bonds. The van der Waals surface area contributed by atoms with Crippen molar-refractivity contribution in [2.75, 3.05) is 0 Å². The fourth-order valence-electron chi connectivity index (χ4n) is 2.37. The minimum absolute atomic E-state index is 0.0387. The predicted molar refractivity (Wildman–Crippen MR) is 67.5 cm³/mol. The average molecular weight is 332 g/mol. The van der Waals surface area contributed by atoms with Crippen LogP contribution < -0.4 is 5.11 Å². The summed E-state index contributed by atoms with van der Waals surface area (Å²) in [6, 6.07) is 6.01. The number of aliphatic carboxylic acids is 1. The van der Waals surface area contributed by atoms with Gasteiger partial charge >= 0.3 is 0 Å². The highest BCUT2D eigenvalue weighted by atomic mass is 79.9. The molecule has 1 aromatic rings. The van der Waals surface area contributed by atoms with E-state index in [1.807, 2.05) is 0 Å². The third-order valence-electron chi connectivity index (χ3n) is 3.42. The van der Waals surface area contributed by atoms with Crippen LogP contribution in [-0.4, -0.2) is 19.1 Å². The molecule has 0 saturated heterocycles.